The van der Waals surface area contributed by atoms with Crippen LogP contribution in [0.2, 0.25) is 0 Å². The third kappa shape index (κ3) is 16.3. The lowest BCUT2D eigenvalue weighted by Gasteiger charge is -2.17. The molecule has 0 fully saturated rings. The first-order valence-electron chi connectivity index (χ1n) is 6.78. The van der Waals surface area contributed by atoms with Crippen molar-refractivity contribution < 1.29 is 4.74 Å². The van der Waals surface area contributed by atoms with Crippen LogP contribution in [0.5, 0.6) is 0 Å². The van der Waals surface area contributed by atoms with Gasteiger partial charge in [-0.15, -0.1) is 0 Å². The van der Waals surface area contributed by atoms with Crippen molar-refractivity contribution in [1.82, 2.24) is 5.32 Å². The molecule has 0 rings (SSSR count). The highest BCUT2D eigenvalue weighted by molar-refractivity contribution is 7.99. The minimum absolute atomic E-state index is 0.300. The second kappa shape index (κ2) is 10.2. The first kappa shape index (κ1) is 17.3. The maximum atomic E-state index is 5.63. The third-order valence-corrected chi connectivity index (χ3v) is 3.16. The Labute approximate surface area is 112 Å². The summed E-state index contributed by atoms with van der Waals surface area (Å²) in [6.07, 6.45) is 1.17. The summed E-state index contributed by atoms with van der Waals surface area (Å²) in [5, 5.41) is 3.45. The van der Waals surface area contributed by atoms with Crippen molar-refractivity contribution in [2.75, 3.05) is 37.8 Å². The molecule has 3 heteroatoms. The fourth-order valence-corrected chi connectivity index (χ4v) is 2.09. The van der Waals surface area contributed by atoms with Gasteiger partial charge in [0.15, 0.2) is 0 Å². The number of hydrogen-bond donors (Lipinski definition) is 1. The predicted octanol–water partition coefficient (Wildman–Crippen LogP) is 3.42. The Hall–Kier alpha value is 0.270. The number of thioether (sulfide) groups is 1. The van der Waals surface area contributed by atoms with Gasteiger partial charge in [-0.3, -0.25) is 0 Å². The van der Waals surface area contributed by atoms with Crippen LogP contribution >= 0.6 is 11.8 Å². The van der Waals surface area contributed by atoms with Crippen molar-refractivity contribution in [3.63, 3.8) is 0 Å². The van der Waals surface area contributed by atoms with Crippen molar-refractivity contribution in [2.45, 2.75) is 41.0 Å². The van der Waals surface area contributed by atoms with E-state index >= 15 is 0 Å². The van der Waals surface area contributed by atoms with Crippen LogP contribution in [-0.4, -0.2) is 37.8 Å². The van der Waals surface area contributed by atoms with E-state index in [2.05, 4.69) is 39.9 Å². The first-order chi connectivity index (χ1) is 7.92. The number of nitrogens with one attached hydrogen (secondary N) is 1. The van der Waals surface area contributed by atoms with E-state index in [4.69, 9.17) is 4.74 Å². The molecular weight excluding hydrogens is 230 g/mol. The summed E-state index contributed by atoms with van der Waals surface area (Å²) in [7, 11) is 0. The van der Waals surface area contributed by atoms with E-state index in [1.54, 1.807) is 0 Å². The van der Waals surface area contributed by atoms with Crippen molar-refractivity contribution in [1.29, 1.82) is 0 Å². The number of hydrogen-bond acceptors (Lipinski definition) is 3. The van der Waals surface area contributed by atoms with Gasteiger partial charge in [-0.2, -0.15) is 11.8 Å². The highest BCUT2D eigenvalue weighted by atomic mass is 32.2. The van der Waals surface area contributed by atoms with Gasteiger partial charge in [0, 0.05) is 18.9 Å². The second-order valence-corrected chi connectivity index (χ2v) is 7.40. The highest BCUT2D eigenvalue weighted by Gasteiger charge is 2.09. The summed E-state index contributed by atoms with van der Waals surface area (Å²) < 4.78 is 5.63. The molecule has 104 valence electrons. The number of rotatable bonds is 10. The van der Waals surface area contributed by atoms with Crippen molar-refractivity contribution in [3.05, 3.63) is 0 Å². The summed E-state index contributed by atoms with van der Waals surface area (Å²) in [5.41, 5.74) is 0.300. The highest BCUT2D eigenvalue weighted by Crippen LogP contribution is 2.13. The molecule has 0 aliphatic rings. The topological polar surface area (TPSA) is 21.3 Å². The standard InChI is InChI=1S/C14H31NOS/c1-13(2)11-15-7-10-17-9-6-8-16-12-14(3,4)5/h13,15H,6-12H2,1-5H3. The van der Waals surface area contributed by atoms with E-state index in [0.717, 1.165) is 32.2 Å². The van der Waals surface area contributed by atoms with E-state index in [1.807, 2.05) is 11.8 Å². The first-order valence-corrected chi connectivity index (χ1v) is 7.93. The lowest BCUT2D eigenvalue weighted by Crippen LogP contribution is -2.22. The zero-order chi connectivity index (χ0) is 13.1. The molecule has 17 heavy (non-hydrogen) atoms. The van der Waals surface area contributed by atoms with Crippen molar-refractivity contribution in [2.24, 2.45) is 11.3 Å². The molecule has 0 aliphatic carbocycles. The Balaban J connectivity index is 3.04. The van der Waals surface area contributed by atoms with Gasteiger partial charge < -0.3 is 10.1 Å². The second-order valence-electron chi connectivity index (χ2n) is 6.18. The maximum Gasteiger partial charge on any atom is 0.0514 e. The summed E-state index contributed by atoms with van der Waals surface area (Å²) >= 11 is 2.02. The van der Waals surface area contributed by atoms with E-state index in [1.165, 1.54) is 17.9 Å². The molecule has 0 aromatic heterocycles. The molecular formula is C14H31NOS. The maximum absolute atomic E-state index is 5.63. The molecule has 0 unspecified atom stereocenters. The molecule has 0 atom stereocenters. The molecule has 0 aromatic rings. The Bertz CT molecular complexity index is 166. The molecule has 0 radical (unpaired) electrons. The fraction of sp³-hybridized carbons (Fsp3) is 1.00. The molecule has 2 nitrogen and oxygen atoms in total. The largest absolute Gasteiger partial charge is 0.381 e. The third-order valence-electron chi connectivity index (χ3n) is 2.09. The molecule has 0 saturated heterocycles. The normalized spacial score (nSPS) is 12.4. The molecule has 0 aromatic carbocycles. The van der Waals surface area contributed by atoms with Gasteiger partial charge in [0.1, 0.15) is 0 Å². The summed E-state index contributed by atoms with van der Waals surface area (Å²) in [6.45, 7) is 15.2. The van der Waals surface area contributed by atoms with Crippen LogP contribution in [0.25, 0.3) is 0 Å². The lowest BCUT2D eigenvalue weighted by atomic mass is 9.99. The van der Waals surface area contributed by atoms with Gasteiger partial charge in [0.25, 0.3) is 0 Å². The summed E-state index contributed by atoms with van der Waals surface area (Å²) in [5.74, 6) is 3.19. The smallest absolute Gasteiger partial charge is 0.0514 e. The Morgan fingerprint density at radius 1 is 1.18 bits per heavy atom. The molecule has 0 saturated carbocycles. The SMILES string of the molecule is CC(C)CNCCSCCCOCC(C)(C)C. The van der Waals surface area contributed by atoms with Crippen molar-refractivity contribution in [3.8, 4) is 0 Å². The van der Waals surface area contributed by atoms with Gasteiger partial charge in [0.2, 0.25) is 0 Å². The predicted molar refractivity (Wildman–Crippen MR) is 79.9 cm³/mol. The van der Waals surface area contributed by atoms with Crippen LogP contribution in [0.3, 0.4) is 0 Å². The summed E-state index contributed by atoms with van der Waals surface area (Å²) in [6, 6.07) is 0. The van der Waals surface area contributed by atoms with Gasteiger partial charge in [-0.1, -0.05) is 34.6 Å². The molecule has 0 amide bonds. The van der Waals surface area contributed by atoms with Crippen LogP contribution in [-0.2, 0) is 4.74 Å². The lowest BCUT2D eigenvalue weighted by molar-refractivity contribution is 0.0722. The van der Waals surface area contributed by atoms with Gasteiger partial charge in [-0.25, -0.2) is 0 Å². The monoisotopic (exact) mass is 261 g/mol. The van der Waals surface area contributed by atoms with E-state index in [0.29, 0.717) is 5.41 Å². The quantitative estimate of drug-likeness (QED) is 0.609. The minimum atomic E-state index is 0.300. The fourth-order valence-electron chi connectivity index (χ4n) is 1.28. The molecule has 0 bridgehead atoms. The zero-order valence-corrected chi connectivity index (χ0v) is 13.2. The average Bonchev–Trinajstić information content (AvgIpc) is 2.18. The van der Waals surface area contributed by atoms with Crippen LogP contribution in [0.1, 0.15) is 41.0 Å². The molecule has 0 spiro atoms. The van der Waals surface area contributed by atoms with Crippen molar-refractivity contribution >= 4 is 11.8 Å². The van der Waals surface area contributed by atoms with Gasteiger partial charge in [-0.05, 0) is 30.1 Å². The Morgan fingerprint density at radius 2 is 1.88 bits per heavy atom. The molecule has 1 N–H and O–H groups in total. The van der Waals surface area contributed by atoms with E-state index in [9.17, 15) is 0 Å². The van der Waals surface area contributed by atoms with Gasteiger partial charge >= 0.3 is 0 Å². The van der Waals surface area contributed by atoms with Crippen LogP contribution in [0.4, 0.5) is 0 Å². The average molecular weight is 261 g/mol. The summed E-state index contributed by atoms with van der Waals surface area (Å²) in [4.78, 5) is 0. The molecule has 0 heterocycles. The van der Waals surface area contributed by atoms with Crippen LogP contribution in [0.15, 0.2) is 0 Å². The number of ether oxygens (including phenoxy) is 1. The Morgan fingerprint density at radius 3 is 2.47 bits per heavy atom. The molecule has 0 aliphatic heterocycles. The zero-order valence-electron chi connectivity index (χ0n) is 12.3. The van der Waals surface area contributed by atoms with Crippen LogP contribution < -0.4 is 5.32 Å². The van der Waals surface area contributed by atoms with Gasteiger partial charge in [0.05, 0.1) is 6.61 Å². The Kier molecular flexibility index (Phi) is 10.4. The van der Waals surface area contributed by atoms with E-state index in [-0.39, 0.29) is 0 Å². The minimum Gasteiger partial charge on any atom is -0.381 e. The van der Waals surface area contributed by atoms with Crippen LogP contribution in [0, 0.1) is 11.3 Å². The van der Waals surface area contributed by atoms with E-state index < -0.39 is 0 Å².